The highest BCUT2D eigenvalue weighted by molar-refractivity contribution is 9.10. The topological polar surface area (TPSA) is 3.24 Å². The molecule has 20 heavy (non-hydrogen) atoms. The van der Waals surface area contributed by atoms with Gasteiger partial charge in [0.1, 0.15) is 0 Å². The van der Waals surface area contributed by atoms with Gasteiger partial charge < -0.3 is 0 Å². The van der Waals surface area contributed by atoms with Crippen LogP contribution in [0.3, 0.4) is 0 Å². The maximum absolute atomic E-state index is 3.71. The van der Waals surface area contributed by atoms with Gasteiger partial charge in [-0.15, -0.1) is 17.0 Å². The summed E-state index contributed by atoms with van der Waals surface area (Å²) in [6.07, 6.45) is 2.63. The number of halogens is 2. The number of rotatable bonds is 3. The molecule has 0 saturated carbocycles. The molecule has 1 aliphatic heterocycles. The monoisotopic (exact) mass is 395 g/mol. The zero-order chi connectivity index (χ0) is 13.1. The molecule has 106 valence electrons. The summed E-state index contributed by atoms with van der Waals surface area (Å²) in [6.45, 7) is 2.39. The lowest BCUT2D eigenvalue weighted by Gasteiger charge is -2.29. The van der Waals surface area contributed by atoms with Crippen LogP contribution >= 0.6 is 32.9 Å². The second-order valence-electron chi connectivity index (χ2n) is 5.08. The first kappa shape index (κ1) is 15.7. The van der Waals surface area contributed by atoms with Gasteiger partial charge in [0.05, 0.1) is 6.04 Å². The van der Waals surface area contributed by atoms with E-state index >= 15 is 0 Å². The molecule has 0 bridgehead atoms. The minimum absolute atomic E-state index is 0. The summed E-state index contributed by atoms with van der Waals surface area (Å²) < 4.78 is 1.20. The van der Waals surface area contributed by atoms with E-state index in [2.05, 4.69) is 75.4 Å². The van der Waals surface area contributed by atoms with Crippen molar-refractivity contribution in [1.29, 1.82) is 0 Å². The Morgan fingerprint density at radius 2 is 1.45 bits per heavy atom. The highest BCUT2D eigenvalue weighted by Gasteiger charge is 2.25. The van der Waals surface area contributed by atoms with Gasteiger partial charge in [-0.2, -0.15) is 0 Å². The van der Waals surface area contributed by atoms with Crippen LogP contribution in [-0.4, -0.2) is 18.0 Å². The molecule has 0 amide bonds. The molecule has 0 N–H and O–H groups in total. The quantitative estimate of drug-likeness (QED) is 0.687. The second kappa shape index (κ2) is 7.39. The lowest BCUT2D eigenvalue weighted by atomic mass is 9.97. The Labute approximate surface area is 139 Å². The van der Waals surface area contributed by atoms with Gasteiger partial charge in [0.15, 0.2) is 0 Å². The fourth-order valence-corrected chi connectivity index (χ4v) is 3.42. The first-order valence-electron chi connectivity index (χ1n) is 6.90. The van der Waals surface area contributed by atoms with Crippen molar-refractivity contribution in [3.8, 4) is 0 Å². The van der Waals surface area contributed by atoms with Crippen LogP contribution in [0.15, 0.2) is 59.1 Å². The summed E-state index contributed by atoms with van der Waals surface area (Å²) in [5.41, 5.74) is 2.76. The van der Waals surface area contributed by atoms with E-state index in [0.29, 0.717) is 6.04 Å². The fourth-order valence-electron chi connectivity index (χ4n) is 2.92. The van der Waals surface area contributed by atoms with Crippen molar-refractivity contribution in [1.82, 2.24) is 4.90 Å². The fraction of sp³-hybridized carbons (Fsp3) is 0.294. The zero-order valence-electron chi connectivity index (χ0n) is 11.3. The normalized spacial score (nSPS) is 16.6. The van der Waals surface area contributed by atoms with Crippen LogP contribution in [0.2, 0.25) is 0 Å². The number of hydrogen-bond acceptors (Lipinski definition) is 1. The molecule has 1 atom stereocenters. The van der Waals surface area contributed by atoms with Crippen molar-refractivity contribution < 1.29 is 0 Å². The van der Waals surface area contributed by atoms with Crippen molar-refractivity contribution in [2.24, 2.45) is 0 Å². The summed E-state index contributed by atoms with van der Waals surface area (Å²) in [6, 6.07) is 19.8. The molecular weight excluding hydrogens is 378 g/mol. The predicted octanol–water partition coefficient (Wildman–Crippen LogP) is 5.21. The molecule has 2 aromatic rings. The lowest BCUT2D eigenvalue weighted by Crippen LogP contribution is -2.26. The Hall–Kier alpha value is -0.640. The molecule has 2 aromatic carbocycles. The smallest absolute Gasteiger partial charge is 0.0612 e. The van der Waals surface area contributed by atoms with Crippen molar-refractivity contribution in [2.75, 3.05) is 13.1 Å². The average Bonchev–Trinajstić information content (AvgIpc) is 2.96. The Morgan fingerprint density at radius 3 is 2.10 bits per heavy atom. The van der Waals surface area contributed by atoms with E-state index in [0.717, 1.165) is 0 Å². The van der Waals surface area contributed by atoms with Gasteiger partial charge in [0.2, 0.25) is 0 Å². The molecule has 1 fully saturated rings. The lowest BCUT2D eigenvalue weighted by molar-refractivity contribution is 0.280. The molecule has 0 aliphatic carbocycles. The van der Waals surface area contributed by atoms with Gasteiger partial charge in [0, 0.05) is 4.47 Å². The minimum atomic E-state index is 0. The molecule has 0 spiro atoms. The maximum Gasteiger partial charge on any atom is 0.0612 e. The van der Waals surface area contributed by atoms with Gasteiger partial charge >= 0.3 is 0 Å². The van der Waals surface area contributed by atoms with Crippen LogP contribution < -0.4 is 0 Å². The third kappa shape index (κ3) is 3.33. The average molecular weight is 397 g/mol. The van der Waals surface area contributed by atoms with E-state index in [1.54, 1.807) is 0 Å². The molecule has 3 heteroatoms. The molecule has 3 rings (SSSR count). The number of hydrogen-bond donors (Lipinski definition) is 0. The van der Waals surface area contributed by atoms with Gasteiger partial charge in [-0.3, -0.25) is 4.90 Å². The highest BCUT2D eigenvalue weighted by atomic mass is 79.9. The Bertz CT molecular complexity index is 536. The van der Waals surface area contributed by atoms with E-state index in [1.807, 2.05) is 0 Å². The largest absolute Gasteiger partial charge is 0.292 e. The Balaban J connectivity index is 0.00000147. The molecule has 0 aromatic heterocycles. The summed E-state index contributed by atoms with van der Waals surface area (Å²) in [5.74, 6) is 0. The summed E-state index contributed by atoms with van der Waals surface area (Å²) in [7, 11) is 0. The van der Waals surface area contributed by atoms with Gasteiger partial charge in [-0.1, -0.05) is 64.5 Å². The predicted molar refractivity (Wildman–Crippen MR) is 93.6 cm³/mol. The molecular formula is C17H19Br2N. The van der Waals surface area contributed by atoms with Crippen LogP contribution in [0, 0.1) is 0 Å². The van der Waals surface area contributed by atoms with Crippen LogP contribution in [-0.2, 0) is 0 Å². The van der Waals surface area contributed by atoms with Crippen LogP contribution in [0.25, 0.3) is 0 Å². The van der Waals surface area contributed by atoms with E-state index in [9.17, 15) is 0 Å². The number of nitrogens with zero attached hydrogens (tertiary/aromatic N) is 1. The summed E-state index contributed by atoms with van der Waals surface area (Å²) in [4.78, 5) is 2.59. The SMILES string of the molecule is Br.Brc1ccccc1[C@H](c1ccccc1)N1CCCC1. The number of benzene rings is 2. The highest BCUT2D eigenvalue weighted by Crippen LogP contribution is 2.35. The van der Waals surface area contributed by atoms with Crippen molar-refractivity contribution in [3.63, 3.8) is 0 Å². The molecule has 1 nitrogen and oxygen atoms in total. The van der Waals surface area contributed by atoms with E-state index in [4.69, 9.17) is 0 Å². The zero-order valence-corrected chi connectivity index (χ0v) is 14.6. The van der Waals surface area contributed by atoms with Crippen LogP contribution in [0.1, 0.15) is 30.0 Å². The Morgan fingerprint density at radius 1 is 0.850 bits per heavy atom. The molecule has 0 unspecified atom stereocenters. The second-order valence-corrected chi connectivity index (χ2v) is 5.93. The molecule has 1 heterocycles. The van der Waals surface area contributed by atoms with Crippen molar-refractivity contribution in [2.45, 2.75) is 18.9 Å². The van der Waals surface area contributed by atoms with Crippen LogP contribution in [0.4, 0.5) is 0 Å². The molecule has 0 radical (unpaired) electrons. The third-order valence-electron chi connectivity index (χ3n) is 3.82. The van der Waals surface area contributed by atoms with Gasteiger partial charge in [0.25, 0.3) is 0 Å². The van der Waals surface area contributed by atoms with E-state index < -0.39 is 0 Å². The van der Waals surface area contributed by atoms with E-state index in [-0.39, 0.29) is 17.0 Å². The van der Waals surface area contributed by atoms with Crippen molar-refractivity contribution >= 4 is 32.9 Å². The summed E-state index contributed by atoms with van der Waals surface area (Å²) in [5, 5.41) is 0. The van der Waals surface area contributed by atoms with Gasteiger partial charge in [-0.05, 0) is 43.1 Å². The van der Waals surface area contributed by atoms with Gasteiger partial charge in [-0.25, -0.2) is 0 Å². The molecule has 1 aliphatic rings. The van der Waals surface area contributed by atoms with Crippen molar-refractivity contribution in [3.05, 3.63) is 70.2 Å². The van der Waals surface area contributed by atoms with E-state index in [1.165, 1.54) is 41.5 Å². The Kier molecular flexibility index (Phi) is 5.82. The number of likely N-dealkylation sites (tertiary alicyclic amines) is 1. The van der Waals surface area contributed by atoms with Crippen LogP contribution in [0.5, 0.6) is 0 Å². The summed E-state index contributed by atoms with van der Waals surface area (Å²) >= 11 is 3.71. The maximum atomic E-state index is 3.71. The third-order valence-corrected chi connectivity index (χ3v) is 4.54. The first-order valence-corrected chi connectivity index (χ1v) is 7.69. The standard InChI is InChI=1S/C17H18BrN.BrH/c18-16-11-5-4-10-15(16)17(19-12-6-7-13-19)14-8-2-1-3-9-14;/h1-5,8-11,17H,6-7,12-13H2;1H/t17-;/m0./s1. The molecule has 1 saturated heterocycles. The first-order chi connectivity index (χ1) is 9.36. The minimum Gasteiger partial charge on any atom is -0.292 e.